The minimum absolute atomic E-state index is 0.240. The van der Waals surface area contributed by atoms with Crippen LogP contribution in [-0.2, 0) is 0 Å². The summed E-state index contributed by atoms with van der Waals surface area (Å²) in [6.07, 6.45) is 1.62. The lowest BCUT2D eigenvalue weighted by Crippen LogP contribution is -1.98. The number of anilines is 3. The van der Waals surface area contributed by atoms with Crippen LogP contribution < -0.4 is 11.1 Å². The molecule has 0 radical (unpaired) electrons. The van der Waals surface area contributed by atoms with E-state index in [0.717, 1.165) is 27.8 Å². The largest absolute Gasteiger partial charge is 0.368 e. The van der Waals surface area contributed by atoms with Crippen molar-refractivity contribution in [2.75, 3.05) is 11.1 Å². The third-order valence-electron chi connectivity index (χ3n) is 3.83. The Bertz CT molecular complexity index is 1000. The van der Waals surface area contributed by atoms with Crippen LogP contribution in [0.3, 0.4) is 0 Å². The van der Waals surface area contributed by atoms with Gasteiger partial charge in [-0.25, -0.2) is 4.98 Å². The second kappa shape index (κ2) is 5.66. The van der Waals surface area contributed by atoms with Gasteiger partial charge in [0.2, 0.25) is 5.95 Å². The van der Waals surface area contributed by atoms with Gasteiger partial charge in [-0.15, -0.1) is 0 Å². The third kappa shape index (κ3) is 2.65. The molecule has 6 nitrogen and oxygen atoms in total. The maximum Gasteiger partial charge on any atom is 0.221 e. The van der Waals surface area contributed by atoms with Crippen molar-refractivity contribution in [2.45, 2.75) is 6.92 Å². The van der Waals surface area contributed by atoms with E-state index in [-0.39, 0.29) is 5.95 Å². The molecular formula is C18H16N6. The maximum absolute atomic E-state index is 5.62. The Balaban J connectivity index is 1.74. The highest BCUT2D eigenvalue weighted by Crippen LogP contribution is 2.29. The molecule has 2 aromatic carbocycles. The van der Waals surface area contributed by atoms with E-state index in [1.807, 2.05) is 18.2 Å². The number of aromatic nitrogens is 4. The van der Waals surface area contributed by atoms with Gasteiger partial charge in [0, 0.05) is 22.8 Å². The number of hydrogen-bond acceptors (Lipinski definition) is 5. The van der Waals surface area contributed by atoms with Crippen molar-refractivity contribution in [1.82, 2.24) is 20.2 Å². The lowest BCUT2D eigenvalue weighted by atomic mass is 10.1. The Labute approximate surface area is 138 Å². The molecule has 0 spiro atoms. The second-order valence-corrected chi connectivity index (χ2v) is 5.62. The van der Waals surface area contributed by atoms with E-state index in [9.17, 15) is 0 Å². The monoisotopic (exact) mass is 316 g/mol. The summed E-state index contributed by atoms with van der Waals surface area (Å²) in [4.78, 5) is 8.05. The smallest absolute Gasteiger partial charge is 0.221 e. The average molecular weight is 316 g/mol. The summed E-state index contributed by atoms with van der Waals surface area (Å²) in [5.74, 6) is 0.895. The molecule has 24 heavy (non-hydrogen) atoms. The lowest BCUT2D eigenvalue weighted by molar-refractivity contribution is 1.12. The third-order valence-corrected chi connectivity index (χ3v) is 3.83. The van der Waals surface area contributed by atoms with E-state index in [1.165, 1.54) is 5.56 Å². The van der Waals surface area contributed by atoms with E-state index in [0.29, 0.717) is 5.82 Å². The van der Waals surface area contributed by atoms with Gasteiger partial charge < -0.3 is 11.1 Å². The van der Waals surface area contributed by atoms with Crippen LogP contribution in [0.5, 0.6) is 0 Å². The molecule has 0 aliphatic carbocycles. The highest BCUT2D eigenvalue weighted by atomic mass is 15.1. The van der Waals surface area contributed by atoms with Gasteiger partial charge in [0.15, 0.2) is 0 Å². The fourth-order valence-corrected chi connectivity index (χ4v) is 2.61. The Morgan fingerprint density at radius 3 is 2.67 bits per heavy atom. The quantitative estimate of drug-likeness (QED) is 0.536. The van der Waals surface area contributed by atoms with Crippen LogP contribution in [0.15, 0.2) is 54.7 Å². The average Bonchev–Trinajstić information content (AvgIpc) is 2.99. The Kier molecular flexibility index (Phi) is 3.35. The molecule has 0 saturated carbocycles. The van der Waals surface area contributed by atoms with Gasteiger partial charge in [-0.3, -0.25) is 5.10 Å². The minimum Gasteiger partial charge on any atom is -0.368 e. The van der Waals surface area contributed by atoms with Crippen molar-refractivity contribution < 1.29 is 0 Å². The van der Waals surface area contributed by atoms with Crippen molar-refractivity contribution in [3.63, 3.8) is 0 Å². The summed E-state index contributed by atoms with van der Waals surface area (Å²) in [6.45, 7) is 2.07. The number of nitrogens with zero attached hydrogens (tertiary/aromatic N) is 3. The highest BCUT2D eigenvalue weighted by molar-refractivity contribution is 5.95. The summed E-state index contributed by atoms with van der Waals surface area (Å²) in [7, 11) is 0. The molecule has 6 heteroatoms. The number of benzene rings is 2. The zero-order chi connectivity index (χ0) is 16.5. The number of rotatable bonds is 3. The minimum atomic E-state index is 0.240. The number of aromatic amines is 1. The van der Waals surface area contributed by atoms with E-state index in [2.05, 4.69) is 56.7 Å². The van der Waals surface area contributed by atoms with Crippen LogP contribution in [0.2, 0.25) is 0 Å². The van der Waals surface area contributed by atoms with Crippen LogP contribution in [0.25, 0.3) is 22.2 Å². The van der Waals surface area contributed by atoms with Gasteiger partial charge in [-0.2, -0.15) is 10.1 Å². The lowest BCUT2D eigenvalue weighted by Gasteiger charge is -2.06. The van der Waals surface area contributed by atoms with Gasteiger partial charge in [0.25, 0.3) is 0 Å². The first kappa shape index (κ1) is 14.2. The first-order chi connectivity index (χ1) is 11.7. The molecular weight excluding hydrogens is 300 g/mol. The zero-order valence-electron chi connectivity index (χ0n) is 13.1. The zero-order valence-corrected chi connectivity index (χ0v) is 13.1. The summed E-state index contributed by atoms with van der Waals surface area (Å²) in [6, 6.07) is 16.1. The molecule has 0 bridgehead atoms. The number of H-pyrrole nitrogens is 1. The summed E-state index contributed by atoms with van der Waals surface area (Å²) >= 11 is 0. The van der Waals surface area contributed by atoms with Crippen LogP contribution in [0.4, 0.5) is 17.5 Å². The van der Waals surface area contributed by atoms with Crippen LogP contribution in [0.1, 0.15) is 5.56 Å². The SMILES string of the molecule is Cc1ccc(-c2n[nH]c3ccc(Nc4ccnc(N)n4)cc23)cc1. The molecule has 0 atom stereocenters. The molecule has 0 amide bonds. The molecule has 0 unspecified atom stereocenters. The van der Waals surface area contributed by atoms with E-state index >= 15 is 0 Å². The highest BCUT2D eigenvalue weighted by Gasteiger charge is 2.09. The first-order valence-corrected chi connectivity index (χ1v) is 7.60. The molecule has 0 fully saturated rings. The maximum atomic E-state index is 5.62. The molecule has 4 aromatic rings. The summed E-state index contributed by atoms with van der Waals surface area (Å²) in [5, 5.41) is 11.8. The normalized spacial score (nSPS) is 10.9. The van der Waals surface area contributed by atoms with Gasteiger partial charge in [0.1, 0.15) is 5.82 Å². The van der Waals surface area contributed by atoms with Gasteiger partial charge >= 0.3 is 0 Å². The van der Waals surface area contributed by atoms with Crippen LogP contribution in [-0.4, -0.2) is 20.2 Å². The molecule has 2 heterocycles. The number of nitrogens with two attached hydrogens (primary N) is 1. The van der Waals surface area contributed by atoms with Crippen molar-refractivity contribution >= 4 is 28.4 Å². The molecule has 118 valence electrons. The second-order valence-electron chi connectivity index (χ2n) is 5.62. The Morgan fingerprint density at radius 1 is 1.04 bits per heavy atom. The first-order valence-electron chi connectivity index (χ1n) is 7.60. The standard InChI is InChI=1S/C18H16N6/c1-11-2-4-12(5-3-11)17-14-10-13(6-7-15(14)23-24-17)21-16-8-9-20-18(19)22-16/h2-10H,1H3,(H,23,24)(H3,19,20,21,22). The van der Waals surface area contributed by atoms with Crippen molar-refractivity contribution in [3.8, 4) is 11.3 Å². The van der Waals surface area contributed by atoms with Gasteiger partial charge in [-0.1, -0.05) is 29.8 Å². The molecule has 0 saturated heterocycles. The summed E-state index contributed by atoms with van der Waals surface area (Å²) < 4.78 is 0. The van der Waals surface area contributed by atoms with E-state index in [4.69, 9.17) is 5.73 Å². The molecule has 0 aliphatic heterocycles. The number of nitrogens with one attached hydrogen (secondary N) is 2. The number of hydrogen-bond donors (Lipinski definition) is 3. The van der Waals surface area contributed by atoms with Crippen LogP contribution in [0, 0.1) is 6.92 Å². The van der Waals surface area contributed by atoms with Crippen molar-refractivity contribution in [3.05, 3.63) is 60.3 Å². The van der Waals surface area contributed by atoms with E-state index < -0.39 is 0 Å². The Morgan fingerprint density at radius 2 is 1.88 bits per heavy atom. The number of nitrogen functional groups attached to an aromatic ring is 1. The predicted octanol–water partition coefficient (Wildman–Crippen LogP) is 3.65. The summed E-state index contributed by atoms with van der Waals surface area (Å²) in [5.41, 5.74) is 10.7. The van der Waals surface area contributed by atoms with E-state index in [1.54, 1.807) is 12.3 Å². The van der Waals surface area contributed by atoms with Gasteiger partial charge in [0.05, 0.1) is 11.2 Å². The Hall–Kier alpha value is -3.41. The molecule has 4 N–H and O–H groups in total. The molecule has 0 aliphatic rings. The fraction of sp³-hybridized carbons (Fsp3) is 0.0556. The van der Waals surface area contributed by atoms with Crippen LogP contribution >= 0.6 is 0 Å². The number of aryl methyl sites for hydroxylation is 1. The number of fused-ring (bicyclic) bond motifs is 1. The van der Waals surface area contributed by atoms with Crippen molar-refractivity contribution in [2.24, 2.45) is 0 Å². The molecule has 4 rings (SSSR count). The topological polar surface area (TPSA) is 92.5 Å². The van der Waals surface area contributed by atoms with Gasteiger partial charge in [-0.05, 0) is 31.2 Å². The van der Waals surface area contributed by atoms with Crippen molar-refractivity contribution in [1.29, 1.82) is 0 Å². The fourth-order valence-electron chi connectivity index (χ4n) is 2.61. The molecule has 2 aromatic heterocycles. The predicted molar refractivity (Wildman–Crippen MR) is 96.0 cm³/mol.